The first-order chi connectivity index (χ1) is 9.29. The van der Waals surface area contributed by atoms with E-state index in [9.17, 15) is 0 Å². The van der Waals surface area contributed by atoms with Gasteiger partial charge < -0.3 is 10.1 Å². The number of nitriles is 1. The van der Waals surface area contributed by atoms with Gasteiger partial charge in [0.05, 0.1) is 11.6 Å². The molecular formula is C15H21N3O. The summed E-state index contributed by atoms with van der Waals surface area (Å²) < 4.78 is 5.70. The van der Waals surface area contributed by atoms with Crippen LogP contribution in [0, 0.1) is 11.3 Å². The fourth-order valence-electron chi connectivity index (χ4n) is 2.33. The highest BCUT2D eigenvalue weighted by Gasteiger charge is 2.17. The molecule has 0 spiro atoms. The van der Waals surface area contributed by atoms with Gasteiger partial charge in [0.1, 0.15) is 12.4 Å². The van der Waals surface area contributed by atoms with Crippen molar-refractivity contribution in [1.29, 1.82) is 5.26 Å². The van der Waals surface area contributed by atoms with Gasteiger partial charge in [0.25, 0.3) is 0 Å². The van der Waals surface area contributed by atoms with Crippen molar-refractivity contribution in [1.82, 2.24) is 10.2 Å². The molecule has 1 atom stereocenters. The molecule has 1 fully saturated rings. The second-order valence-electron chi connectivity index (χ2n) is 4.97. The second kappa shape index (κ2) is 7.13. The standard InChI is InChI=1S/C15H21N3O/c1-18(14-3-2-8-17-12-14)9-10-19-15-6-4-13(11-16)5-7-15/h4-7,14,17H,2-3,8-10,12H2,1H3. The van der Waals surface area contributed by atoms with Crippen molar-refractivity contribution < 1.29 is 4.74 Å². The van der Waals surface area contributed by atoms with Gasteiger partial charge in [-0.25, -0.2) is 0 Å². The smallest absolute Gasteiger partial charge is 0.119 e. The Hall–Kier alpha value is -1.57. The van der Waals surface area contributed by atoms with Gasteiger partial charge >= 0.3 is 0 Å². The molecule has 1 N–H and O–H groups in total. The molecule has 0 aromatic heterocycles. The van der Waals surface area contributed by atoms with Crippen molar-refractivity contribution in [2.24, 2.45) is 0 Å². The predicted octanol–water partition coefficient (Wildman–Crippen LogP) is 1.62. The summed E-state index contributed by atoms with van der Waals surface area (Å²) in [6.07, 6.45) is 2.52. The minimum Gasteiger partial charge on any atom is -0.492 e. The van der Waals surface area contributed by atoms with Crippen LogP contribution >= 0.6 is 0 Å². The topological polar surface area (TPSA) is 48.3 Å². The van der Waals surface area contributed by atoms with Crippen LogP contribution in [-0.4, -0.2) is 44.2 Å². The maximum atomic E-state index is 8.72. The minimum atomic E-state index is 0.623. The van der Waals surface area contributed by atoms with E-state index in [0.717, 1.165) is 25.4 Å². The first kappa shape index (κ1) is 13.9. The molecule has 0 saturated carbocycles. The average molecular weight is 259 g/mol. The van der Waals surface area contributed by atoms with E-state index in [1.54, 1.807) is 12.1 Å². The van der Waals surface area contributed by atoms with Crippen LogP contribution in [-0.2, 0) is 0 Å². The monoisotopic (exact) mass is 259 g/mol. The van der Waals surface area contributed by atoms with Gasteiger partial charge in [-0.05, 0) is 50.7 Å². The van der Waals surface area contributed by atoms with Crippen molar-refractivity contribution in [3.05, 3.63) is 29.8 Å². The summed E-state index contributed by atoms with van der Waals surface area (Å²) in [7, 11) is 2.15. The highest BCUT2D eigenvalue weighted by molar-refractivity contribution is 5.34. The molecule has 1 aromatic rings. The third kappa shape index (κ3) is 4.23. The summed E-state index contributed by atoms with van der Waals surface area (Å²) >= 11 is 0. The van der Waals surface area contributed by atoms with Crippen LogP contribution in [0.25, 0.3) is 0 Å². The Labute approximate surface area is 115 Å². The van der Waals surface area contributed by atoms with Gasteiger partial charge in [-0.3, -0.25) is 4.90 Å². The third-order valence-electron chi connectivity index (χ3n) is 3.59. The van der Waals surface area contributed by atoms with Crippen molar-refractivity contribution in [2.75, 3.05) is 33.3 Å². The average Bonchev–Trinajstić information content (AvgIpc) is 2.49. The molecule has 0 bridgehead atoms. The Kier molecular flexibility index (Phi) is 5.20. The SMILES string of the molecule is CN(CCOc1ccc(C#N)cc1)C1CCCNC1. The van der Waals surface area contributed by atoms with Gasteiger partial charge in [0.2, 0.25) is 0 Å². The molecule has 1 unspecified atom stereocenters. The summed E-state index contributed by atoms with van der Waals surface area (Å²) in [6, 6.07) is 9.98. The molecular weight excluding hydrogens is 238 g/mol. The van der Waals surface area contributed by atoms with Crippen molar-refractivity contribution in [2.45, 2.75) is 18.9 Å². The summed E-state index contributed by atoms with van der Waals surface area (Å²) in [5, 5.41) is 12.1. The molecule has 1 aromatic carbocycles. The van der Waals surface area contributed by atoms with Crippen LogP contribution in [0.2, 0.25) is 0 Å². The zero-order chi connectivity index (χ0) is 13.5. The van der Waals surface area contributed by atoms with Crippen LogP contribution in [0.3, 0.4) is 0 Å². The highest BCUT2D eigenvalue weighted by atomic mass is 16.5. The van der Waals surface area contributed by atoms with Crippen molar-refractivity contribution in [3.63, 3.8) is 0 Å². The van der Waals surface area contributed by atoms with E-state index in [-0.39, 0.29) is 0 Å². The van der Waals surface area contributed by atoms with Gasteiger partial charge in [0, 0.05) is 19.1 Å². The van der Waals surface area contributed by atoms with E-state index in [1.165, 1.54) is 12.8 Å². The molecule has 2 rings (SSSR count). The summed E-state index contributed by atoms with van der Waals surface area (Å²) in [5.41, 5.74) is 0.665. The molecule has 1 heterocycles. The van der Waals surface area contributed by atoms with E-state index in [0.29, 0.717) is 18.2 Å². The Morgan fingerprint density at radius 1 is 1.42 bits per heavy atom. The molecule has 102 valence electrons. The van der Waals surface area contributed by atoms with Crippen LogP contribution in [0.15, 0.2) is 24.3 Å². The zero-order valence-electron chi connectivity index (χ0n) is 11.4. The van der Waals surface area contributed by atoms with E-state index >= 15 is 0 Å². The van der Waals surface area contributed by atoms with E-state index in [4.69, 9.17) is 10.00 Å². The maximum Gasteiger partial charge on any atom is 0.119 e. The number of piperidine rings is 1. The van der Waals surface area contributed by atoms with Crippen molar-refractivity contribution >= 4 is 0 Å². The van der Waals surface area contributed by atoms with Crippen LogP contribution < -0.4 is 10.1 Å². The number of likely N-dealkylation sites (N-methyl/N-ethyl adjacent to an activating group) is 1. The Morgan fingerprint density at radius 2 is 2.21 bits per heavy atom. The lowest BCUT2D eigenvalue weighted by Gasteiger charge is -2.31. The fourth-order valence-corrected chi connectivity index (χ4v) is 2.33. The lowest BCUT2D eigenvalue weighted by molar-refractivity contribution is 0.168. The maximum absolute atomic E-state index is 8.72. The van der Waals surface area contributed by atoms with Crippen molar-refractivity contribution in [3.8, 4) is 11.8 Å². The van der Waals surface area contributed by atoms with Crippen LogP contribution in [0.1, 0.15) is 18.4 Å². The number of hydrogen-bond acceptors (Lipinski definition) is 4. The molecule has 1 saturated heterocycles. The van der Waals surface area contributed by atoms with Crippen LogP contribution in [0.5, 0.6) is 5.75 Å². The molecule has 0 amide bonds. The lowest BCUT2D eigenvalue weighted by Crippen LogP contribution is -2.45. The summed E-state index contributed by atoms with van der Waals surface area (Å²) in [4.78, 5) is 2.36. The number of rotatable bonds is 5. The predicted molar refractivity (Wildman–Crippen MR) is 75.2 cm³/mol. The lowest BCUT2D eigenvalue weighted by atomic mass is 10.1. The van der Waals surface area contributed by atoms with Gasteiger partial charge in [-0.1, -0.05) is 0 Å². The van der Waals surface area contributed by atoms with Gasteiger partial charge in [-0.15, -0.1) is 0 Å². The Morgan fingerprint density at radius 3 is 2.84 bits per heavy atom. The van der Waals surface area contributed by atoms with E-state index < -0.39 is 0 Å². The van der Waals surface area contributed by atoms with Gasteiger partial charge in [-0.2, -0.15) is 5.26 Å². The zero-order valence-corrected chi connectivity index (χ0v) is 11.4. The summed E-state index contributed by atoms with van der Waals surface area (Å²) in [6.45, 7) is 3.82. The quantitative estimate of drug-likeness (QED) is 0.873. The number of ether oxygens (including phenoxy) is 1. The van der Waals surface area contributed by atoms with E-state index in [2.05, 4.69) is 23.3 Å². The number of nitrogens with zero attached hydrogens (tertiary/aromatic N) is 2. The molecule has 4 nitrogen and oxygen atoms in total. The Bertz CT molecular complexity index is 418. The molecule has 4 heteroatoms. The van der Waals surface area contributed by atoms with E-state index in [1.807, 2.05) is 12.1 Å². The van der Waals surface area contributed by atoms with Gasteiger partial charge in [0.15, 0.2) is 0 Å². The molecule has 0 aliphatic carbocycles. The number of nitrogens with one attached hydrogen (secondary N) is 1. The molecule has 1 aliphatic heterocycles. The molecule has 1 aliphatic rings. The first-order valence-electron chi connectivity index (χ1n) is 6.83. The largest absolute Gasteiger partial charge is 0.492 e. The van der Waals surface area contributed by atoms with Crippen LogP contribution in [0.4, 0.5) is 0 Å². The third-order valence-corrected chi connectivity index (χ3v) is 3.59. The second-order valence-corrected chi connectivity index (χ2v) is 4.97. The number of benzene rings is 1. The molecule has 19 heavy (non-hydrogen) atoms. The highest BCUT2D eigenvalue weighted by Crippen LogP contribution is 2.12. The summed E-state index contributed by atoms with van der Waals surface area (Å²) in [5.74, 6) is 0.828. The fraction of sp³-hybridized carbons (Fsp3) is 0.533. The number of hydrogen-bond donors (Lipinski definition) is 1. The Balaban J connectivity index is 1.71. The molecule has 0 radical (unpaired) electrons. The minimum absolute atomic E-state index is 0.623. The first-order valence-corrected chi connectivity index (χ1v) is 6.83. The normalized spacial score (nSPS) is 19.1.